The first kappa shape index (κ1) is 22.8. The van der Waals surface area contributed by atoms with Crippen molar-refractivity contribution >= 4 is 16.9 Å². The zero-order valence-corrected chi connectivity index (χ0v) is 19.5. The standard InChI is InChI=1S/C29H33N3O/c1-23-13-7-8-17-25(23)29(33)30-21-11-3-6-20-28-31-26-18-9-10-19-27(26)32(28)22-12-16-24-14-4-2-5-15-24/h2,4-5,7-10,13-15,17-19H,3,6,11-12,16,20-22H2,1H3,(H,30,33). The van der Waals surface area contributed by atoms with E-state index in [2.05, 4.69) is 64.5 Å². The first-order valence-corrected chi connectivity index (χ1v) is 12.0. The SMILES string of the molecule is Cc1ccccc1C(=O)NCCCCCc1nc2ccccc2n1CCCc1ccccc1. The largest absolute Gasteiger partial charge is 0.352 e. The molecule has 0 atom stereocenters. The van der Waals surface area contributed by atoms with Gasteiger partial charge in [-0.05, 0) is 61.9 Å². The third-order valence-electron chi connectivity index (χ3n) is 6.18. The minimum absolute atomic E-state index is 0.0216. The molecule has 0 aliphatic rings. The number of imidazole rings is 1. The van der Waals surface area contributed by atoms with E-state index in [1.165, 1.54) is 16.9 Å². The molecule has 4 aromatic rings. The number of nitrogens with zero attached hydrogens (tertiary/aromatic N) is 2. The van der Waals surface area contributed by atoms with E-state index in [0.29, 0.717) is 6.54 Å². The van der Waals surface area contributed by atoms with Crippen LogP contribution in [-0.2, 0) is 19.4 Å². The maximum Gasteiger partial charge on any atom is 0.251 e. The number of rotatable bonds is 11. The van der Waals surface area contributed by atoms with Crippen LogP contribution < -0.4 is 5.32 Å². The van der Waals surface area contributed by atoms with Crippen LogP contribution in [0.1, 0.15) is 53.0 Å². The predicted octanol–water partition coefficient (Wildman–Crippen LogP) is 6.12. The number of unbranched alkanes of at least 4 members (excludes halogenated alkanes) is 2. The van der Waals surface area contributed by atoms with Crippen LogP contribution in [0.5, 0.6) is 0 Å². The van der Waals surface area contributed by atoms with Crippen LogP contribution in [0.25, 0.3) is 11.0 Å². The summed E-state index contributed by atoms with van der Waals surface area (Å²) in [5, 5.41) is 3.06. The predicted molar refractivity (Wildman–Crippen MR) is 136 cm³/mol. The first-order chi connectivity index (χ1) is 16.2. The second-order valence-corrected chi connectivity index (χ2v) is 8.64. The highest BCUT2D eigenvalue weighted by molar-refractivity contribution is 5.95. The number of hydrogen-bond donors (Lipinski definition) is 1. The lowest BCUT2D eigenvalue weighted by Gasteiger charge is -2.10. The third-order valence-corrected chi connectivity index (χ3v) is 6.18. The molecule has 0 radical (unpaired) electrons. The topological polar surface area (TPSA) is 46.9 Å². The number of carbonyl (C=O) groups excluding carboxylic acids is 1. The lowest BCUT2D eigenvalue weighted by atomic mass is 10.1. The number of aryl methyl sites for hydroxylation is 4. The lowest BCUT2D eigenvalue weighted by Crippen LogP contribution is -2.25. The average molecular weight is 440 g/mol. The van der Waals surface area contributed by atoms with Crippen molar-refractivity contribution in [2.24, 2.45) is 0 Å². The molecular formula is C29H33N3O. The van der Waals surface area contributed by atoms with Crippen molar-refractivity contribution in [3.05, 3.63) is 101 Å². The summed E-state index contributed by atoms with van der Waals surface area (Å²) in [6, 6.07) is 26.8. The second kappa shape index (κ2) is 11.5. The summed E-state index contributed by atoms with van der Waals surface area (Å²) in [4.78, 5) is 17.3. The summed E-state index contributed by atoms with van der Waals surface area (Å²) < 4.78 is 2.40. The smallest absolute Gasteiger partial charge is 0.251 e. The minimum atomic E-state index is 0.0216. The number of para-hydroxylation sites is 2. The Bertz CT molecular complexity index is 1180. The van der Waals surface area contributed by atoms with Gasteiger partial charge in [-0.25, -0.2) is 4.98 Å². The van der Waals surface area contributed by atoms with Crippen molar-refractivity contribution in [2.75, 3.05) is 6.54 Å². The number of hydrogen-bond acceptors (Lipinski definition) is 2. The molecule has 0 saturated carbocycles. The van der Waals surface area contributed by atoms with Gasteiger partial charge in [0.15, 0.2) is 0 Å². The summed E-state index contributed by atoms with van der Waals surface area (Å²) in [5.74, 6) is 1.20. The van der Waals surface area contributed by atoms with Gasteiger partial charge in [0.2, 0.25) is 0 Å². The van der Waals surface area contributed by atoms with Gasteiger partial charge in [-0.15, -0.1) is 0 Å². The van der Waals surface area contributed by atoms with Crippen LogP contribution in [0.3, 0.4) is 0 Å². The van der Waals surface area contributed by atoms with Crippen LogP contribution in [-0.4, -0.2) is 22.0 Å². The molecule has 4 nitrogen and oxygen atoms in total. The van der Waals surface area contributed by atoms with E-state index in [0.717, 1.165) is 61.7 Å². The monoisotopic (exact) mass is 439 g/mol. The van der Waals surface area contributed by atoms with E-state index >= 15 is 0 Å². The van der Waals surface area contributed by atoms with Crippen molar-refractivity contribution in [3.63, 3.8) is 0 Å². The second-order valence-electron chi connectivity index (χ2n) is 8.64. The molecule has 0 unspecified atom stereocenters. The Morgan fingerprint density at radius 1 is 0.818 bits per heavy atom. The van der Waals surface area contributed by atoms with Crippen LogP contribution >= 0.6 is 0 Å². The lowest BCUT2D eigenvalue weighted by molar-refractivity contribution is 0.0952. The molecule has 0 saturated heterocycles. The summed E-state index contributed by atoms with van der Waals surface area (Å²) in [6.45, 7) is 3.67. The van der Waals surface area contributed by atoms with Crippen LogP contribution in [0.15, 0.2) is 78.9 Å². The molecule has 0 fully saturated rings. The van der Waals surface area contributed by atoms with Gasteiger partial charge in [0.1, 0.15) is 5.82 Å². The molecule has 0 aliphatic heterocycles. The van der Waals surface area contributed by atoms with Crippen molar-refractivity contribution in [3.8, 4) is 0 Å². The molecule has 1 amide bonds. The van der Waals surface area contributed by atoms with Gasteiger partial charge >= 0.3 is 0 Å². The third kappa shape index (κ3) is 6.10. The van der Waals surface area contributed by atoms with E-state index in [1.54, 1.807) is 0 Å². The van der Waals surface area contributed by atoms with Gasteiger partial charge in [-0.1, -0.05) is 67.1 Å². The fraction of sp³-hybridized carbons (Fsp3) is 0.310. The molecule has 1 heterocycles. The number of benzene rings is 3. The van der Waals surface area contributed by atoms with E-state index in [1.807, 2.05) is 31.2 Å². The van der Waals surface area contributed by atoms with Crippen molar-refractivity contribution in [2.45, 2.75) is 52.0 Å². The van der Waals surface area contributed by atoms with Gasteiger partial charge in [0.25, 0.3) is 5.91 Å². The maximum atomic E-state index is 12.3. The Kier molecular flexibility index (Phi) is 7.91. The Labute approximate surface area is 196 Å². The molecule has 1 aromatic heterocycles. The molecule has 4 heteroatoms. The molecule has 1 N–H and O–H groups in total. The molecular weight excluding hydrogens is 406 g/mol. The van der Waals surface area contributed by atoms with Crippen molar-refractivity contribution < 1.29 is 4.79 Å². The Morgan fingerprint density at radius 3 is 2.42 bits per heavy atom. The summed E-state index contributed by atoms with van der Waals surface area (Å²) >= 11 is 0. The summed E-state index contributed by atoms with van der Waals surface area (Å²) in [7, 11) is 0. The normalized spacial score (nSPS) is 11.1. The highest BCUT2D eigenvalue weighted by Gasteiger charge is 2.11. The number of carbonyl (C=O) groups is 1. The van der Waals surface area contributed by atoms with Gasteiger partial charge in [-0.2, -0.15) is 0 Å². The molecule has 0 aliphatic carbocycles. The molecule has 0 spiro atoms. The fourth-order valence-electron chi connectivity index (χ4n) is 4.36. The number of nitrogens with one attached hydrogen (secondary N) is 1. The minimum Gasteiger partial charge on any atom is -0.352 e. The highest BCUT2D eigenvalue weighted by Crippen LogP contribution is 2.19. The Balaban J connectivity index is 1.27. The zero-order valence-electron chi connectivity index (χ0n) is 19.5. The van der Waals surface area contributed by atoms with Gasteiger partial charge in [0, 0.05) is 25.1 Å². The highest BCUT2D eigenvalue weighted by atomic mass is 16.1. The van der Waals surface area contributed by atoms with Crippen molar-refractivity contribution in [1.29, 1.82) is 0 Å². The molecule has 4 rings (SSSR count). The van der Waals surface area contributed by atoms with Gasteiger partial charge in [0.05, 0.1) is 11.0 Å². The van der Waals surface area contributed by atoms with E-state index < -0.39 is 0 Å². The van der Waals surface area contributed by atoms with E-state index in [9.17, 15) is 4.79 Å². The Hall–Kier alpha value is -3.40. The number of aromatic nitrogens is 2. The molecule has 3 aromatic carbocycles. The van der Waals surface area contributed by atoms with Crippen LogP contribution in [0, 0.1) is 6.92 Å². The Morgan fingerprint density at radius 2 is 1.58 bits per heavy atom. The average Bonchev–Trinajstić information content (AvgIpc) is 3.19. The first-order valence-electron chi connectivity index (χ1n) is 12.0. The van der Waals surface area contributed by atoms with Crippen LogP contribution in [0.4, 0.5) is 0 Å². The van der Waals surface area contributed by atoms with E-state index in [-0.39, 0.29) is 5.91 Å². The number of fused-ring (bicyclic) bond motifs is 1. The molecule has 33 heavy (non-hydrogen) atoms. The quantitative estimate of drug-likeness (QED) is 0.286. The number of amides is 1. The molecule has 170 valence electrons. The van der Waals surface area contributed by atoms with Crippen LogP contribution in [0.2, 0.25) is 0 Å². The van der Waals surface area contributed by atoms with E-state index in [4.69, 9.17) is 4.98 Å². The molecule has 0 bridgehead atoms. The van der Waals surface area contributed by atoms with Gasteiger partial charge < -0.3 is 9.88 Å². The fourth-order valence-corrected chi connectivity index (χ4v) is 4.36. The summed E-state index contributed by atoms with van der Waals surface area (Å²) in [5.41, 5.74) is 5.47. The van der Waals surface area contributed by atoms with Gasteiger partial charge in [-0.3, -0.25) is 4.79 Å². The summed E-state index contributed by atoms with van der Waals surface area (Å²) in [6.07, 6.45) is 6.26. The maximum absolute atomic E-state index is 12.3. The zero-order chi connectivity index (χ0) is 22.9. The van der Waals surface area contributed by atoms with Crippen molar-refractivity contribution in [1.82, 2.24) is 14.9 Å².